The van der Waals surface area contributed by atoms with Crippen molar-refractivity contribution < 1.29 is 53.2 Å². The molecule has 0 aliphatic heterocycles. The molecule has 0 saturated heterocycles. The summed E-state index contributed by atoms with van der Waals surface area (Å²) in [4.78, 5) is 46.8. The number of fused-ring (bicyclic) bond motifs is 10. The molecular weight excluding hydrogens is 1150 g/mol. The number of benzene rings is 2. The molecule has 14 aliphatic carbocycles. The van der Waals surface area contributed by atoms with Crippen LogP contribution < -0.4 is 21.7 Å². The van der Waals surface area contributed by atoms with E-state index in [1.54, 1.807) is 11.1 Å². The number of aromatic hydroxyl groups is 2. The first-order valence-electron chi connectivity index (χ1n) is 36.0. The van der Waals surface area contributed by atoms with Gasteiger partial charge in [-0.1, -0.05) is 36.3 Å². The topological polar surface area (TPSA) is 234 Å². The van der Waals surface area contributed by atoms with Crippen LogP contribution in [0, 0.1) is 70.0 Å². The molecular formula is C74H108N6O11. The lowest BCUT2D eigenvalue weighted by molar-refractivity contribution is -0.126. The standard InChI is InChI=1S/C38H55N3O6.C36H53N3O5/c1-24(42)39-9-11-45-13-14-46-12-10-40-36(44)23-47-41-35-6-5-32-30-4-3-28-18-34(43)33(19-31(28)29(30)7-8-37(32,35)2)38-20-25-15-26(21-38)17-27(16-25)22-38;1-35-7-6-27-28(30(35)4-5-33(35)39-44-22-34(41)38-9-11-43-13-12-42-10-8-37)3-2-26-17-32(40)31(18-29(26)27)36-19-23-14-24(20-36)16-25(15-23)21-36/h18-19,25-27,29-30,32,43H,3-17,20-23H2,1-2H3,(H,39,42)(H,40,44);17-18,23-25,27-28,30,40H,2-16,19-22,37H2,1H3,(H,38,41)/b41-35+;39-33+/t25?,26?,27?,29?,30?,32?,37-,38?;23?,24?,25?,27?,28?,30?,35-,36?/m00/s1. The Labute approximate surface area is 540 Å². The third kappa shape index (κ3) is 13.6. The third-order valence-corrected chi connectivity index (χ3v) is 25.9. The van der Waals surface area contributed by atoms with Crippen LogP contribution in [0.15, 0.2) is 34.6 Å². The lowest BCUT2D eigenvalue weighted by Gasteiger charge is -2.57. The minimum absolute atomic E-state index is 0.0207. The van der Waals surface area contributed by atoms with Gasteiger partial charge in [0.05, 0.1) is 64.3 Å². The molecule has 0 radical (unpaired) electrons. The Morgan fingerprint density at radius 3 is 1.25 bits per heavy atom. The molecule has 8 atom stereocenters. The molecule has 17 heteroatoms. The number of phenolic OH excluding ortho intramolecular Hbond substituents is 2. The van der Waals surface area contributed by atoms with Gasteiger partial charge in [0.25, 0.3) is 11.8 Å². The van der Waals surface area contributed by atoms with Gasteiger partial charge in [0.2, 0.25) is 5.91 Å². The number of rotatable bonds is 25. The number of nitrogens with one attached hydrogen (secondary N) is 3. The lowest BCUT2D eigenvalue weighted by atomic mass is 9.47. The highest BCUT2D eigenvalue weighted by molar-refractivity contribution is 5.93. The summed E-state index contributed by atoms with van der Waals surface area (Å²) in [6.45, 7) is 11.6. The van der Waals surface area contributed by atoms with E-state index < -0.39 is 0 Å². The van der Waals surface area contributed by atoms with E-state index >= 15 is 0 Å². The summed E-state index contributed by atoms with van der Waals surface area (Å²) in [5, 5.41) is 40.3. The van der Waals surface area contributed by atoms with Crippen molar-refractivity contribution >= 4 is 29.1 Å². The number of nitrogens with two attached hydrogens (primary N) is 1. The Kier molecular flexibility index (Phi) is 19.9. The van der Waals surface area contributed by atoms with Crippen molar-refractivity contribution in [2.75, 3.05) is 92.2 Å². The van der Waals surface area contributed by atoms with E-state index in [9.17, 15) is 24.6 Å². The highest BCUT2D eigenvalue weighted by Gasteiger charge is 2.58. The molecule has 3 amide bonds. The summed E-state index contributed by atoms with van der Waals surface area (Å²) < 4.78 is 21.6. The first-order chi connectivity index (χ1) is 44.1. The third-order valence-electron chi connectivity index (χ3n) is 25.9. The van der Waals surface area contributed by atoms with Gasteiger partial charge in [-0.05, 0) is 270 Å². The maximum Gasteiger partial charge on any atom is 0.260 e. The van der Waals surface area contributed by atoms with Gasteiger partial charge in [-0.25, -0.2) is 0 Å². The van der Waals surface area contributed by atoms with Gasteiger partial charge in [0.1, 0.15) is 11.5 Å². The zero-order chi connectivity index (χ0) is 62.9. The summed E-state index contributed by atoms with van der Waals surface area (Å²) in [7, 11) is 0. The van der Waals surface area contributed by atoms with E-state index in [0.717, 1.165) is 111 Å². The minimum atomic E-state index is -0.199. The second-order valence-electron chi connectivity index (χ2n) is 31.4. The van der Waals surface area contributed by atoms with Crippen molar-refractivity contribution in [1.29, 1.82) is 0 Å². The molecule has 14 aliphatic rings. The minimum Gasteiger partial charge on any atom is -0.508 e. The van der Waals surface area contributed by atoms with Gasteiger partial charge >= 0.3 is 0 Å². The van der Waals surface area contributed by atoms with E-state index in [-0.39, 0.29) is 52.6 Å². The van der Waals surface area contributed by atoms with E-state index in [1.807, 2.05) is 0 Å². The maximum absolute atomic E-state index is 12.4. The van der Waals surface area contributed by atoms with Crippen LogP contribution in [0.3, 0.4) is 0 Å². The predicted molar refractivity (Wildman–Crippen MR) is 349 cm³/mol. The Morgan fingerprint density at radius 2 is 0.879 bits per heavy atom. The van der Waals surface area contributed by atoms with Crippen molar-refractivity contribution in [1.82, 2.24) is 16.0 Å². The molecule has 17 nitrogen and oxygen atoms in total. The average molecular weight is 1260 g/mol. The molecule has 2 aromatic rings. The van der Waals surface area contributed by atoms with Gasteiger partial charge in [-0.3, -0.25) is 14.4 Å². The fourth-order valence-electron chi connectivity index (χ4n) is 22.8. The largest absolute Gasteiger partial charge is 0.508 e. The van der Waals surface area contributed by atoms with Crippen LogP contribution in [0.25, 0.3) is 0 Å². The molecule has 0 aromatic heterocycles. The monoisotopic (exact) mass is 1260 g/mol. The molecule has 0 spiro atoms. The molecule has 12 saturated carbocycles. The molecule has 12 fully saturated rings. The van der Waals surface area contributed by atoms with Crippen LogP contribution >= 0.6 is 0 Å². The first kappa shape index (κ1) is 64.9. The summed E-state index contributed by atoms with van der Waals surface area (Å²) in [6, 6.07) is 9.38. The molecule has 6 unspecified atom stereocenters. The number of hydrogen-bond acceptors (Lipinski definition) is 14. The molecule has 8 bridgehead atoms. The van der Waals surface area contributed by atoms with Gasteiger partial charge < -0.3 is 60.5 Å². The van der Waals surface area contributed by atoms with E-state index in [0.29, 0.717) is 126 Å². The second kappa shape index (κ2) is 27.9. The van der Waals surface area contributed by atoms with Gasteiger partial charge in [-0.15, -0.1) is 0 Å². The van der Waals surface area contributed by atoms with Crippen molar-refractivity contribution in [2.45, 2.75) is 198 Å². The summed E-state index contributed by atoms with van der Waals surface area (Å²) in [6.07, 6.45) is 29.4. The maximum atomic E-state index is 12.4. The SMILES string of the molecule is CC(=O)NCCOCCOCCNC(=O)CO/N=C1\CCC2C3CCc4cc(O)c(C56CC7CC(CC(C7)C5)C6)cc4C3CC[C@]12C.C[C@]12CCC3c4cc(C56CC7CC(CC(C7)C5)C6)c(O)cc4CCC3C1CC/C2=N\OCC(=O)NCCOCCOCCN. The van der Waals surface area contributed by atoms with Crippen LogP contribution in [-0.2, 0) is 66.7 Å². The number of aryl methyl sites for hydroxylation is 2. The Morgan fingerprint density at radius 1 is 0.505 bits per heavy atom. The Hall–Kier alpha value is -4.81. The van der Waals surface area contributed by atoms with Crippen LogP contribution in [0.1, 0.15) is 207 Å². The number of hydrogen-bond donors (Lipinski definition) is 6. The van der Waals surface area contributed by atoms with Crippen molar-refractivity contribution in [3.8, 4) is 11.5 Å². The predicted octanol–water partition coefficient (Wildman–Crippen LogP) is 10.6. The molecule has 500 valence electrons. The number of phenols is 2. The zero-order valence-electron chi connectivity index (χ0n) is 55.1. The molecule has 7 N–H and O–H groups in total. The number of oxime groups is 2. The molecule has 2 aromatic carbocycles. The number of ether oxygens (including phenoxy) is 4. The summed E-state index contributed by atoms with van der Waals surface area (Å²) in [5.74, 6) is 9.51. The smallest absolute Gasteiger partial charge is 0.260 e. The van der Waals surface area contributed by atoms with Gasteiger partial charge in [0.15, 0.2) is 13.2 Å². The van der Waals surface area contributed by atoms with Gasteiger partial charge in [-0.2, -0.15) is 0 Å². The van der Waals surface area contributed by atoms with Crippen LogP contribution in [0.4, 0.5) is 0 Å². The van der Waals surface area contributed by atoms with Crippen molar-refractivity contribution in [2.24, 2.45) is 86.1 Å². The quantitative estimate of drug-likeness (QED) is 0.0403. The van der Waals surface area contributed by atoms with E-state index in [1.165, 1.54) is 119 Å². The molecule has 16 rings (SSSR count). The van der Waals surface area contributed by atoms with Crippen LogP contribution in [0.2, 0.25) is 0 Å². The van der Waals surface area contributed by atoms with E-state index in [4.69, 9.17) is 34.4 Å². The average Bonchev–Trinajstić information content (AvgIpc) is 1.46. The fourth-order valence-corrected chi connectivity index (χ4v) is 22.8. The molecule has 0 heterocycles. The fraction of sp³-hybridized carbons (Fsp3) is 0.770. The molecule has 91 heavy (non-hydrogen) atoms. The van der Waals surface area contributed by atoms with Crippen LogP contribution in [-0.4, -0.2) is 132 Å². The zero-order valence-corrected chi connectivity index (χ0v) is 55.1. The second-order valence-corrected chi connectivity index (χ2v) is 31.4. The number of nitrogens with zero attached hydrogens (tertiary/aromatic N) is 2. The number of carbonyl (C=O) groups excluding carboxylic acids is 3. The highest BCUT2D eigenvalue weighted by atomic mass is 16.6. The Bertz CT molecular complexity index is 2930. The summed E-state index contributed by atoms with van der Waals surface area (Å²) in [5.41, 5.74) is 16.6. The van der Waals surface area contributed by atoms with Crippen LogP contribution in [0.5, 0.6) is 11.5 Å². The van der Waals surface area contributed by atoms with Crippen molar-refractivity contribution in [3.63, 3.8) is 0 Å². The normalized spacial score (nSPS) is 36.5. The van der Waals surface area contributed by atoms with Crippen molar-refractivity contribution in [3.05, 3.63) is 57.6 Å². The Balaban J connectivity index is 0.000000167. The summed E-state index contributed by atoms with van der Waals surface area (Å²) >= 11 is 0. The number of carbonyl (C=O) groups is 3. The van der Waals surface area contributed by atoms with E-state index in [2.05, 4.69) is 64.4 Å². The van der Waals surface area contributed by atoms with Gasteiger partial charge in [0, 0.05) is 55.1 Å². The highest BCUT2D eigenvalue weighted by Crippen LogP contribution is 2.67. The number of amides is 3. The first-order valence-corrected chi connectivity index (χ1v) is 36.0. The lowest BCUT2D eigenvalue weighted by Crippen LogP contribution is -2.48.